The van der Waals surface area contributed by atoms with E-state index in [2.05, 4.69) is 25.4 Å². The van der Waals surface area contributed by atoms with Gasteiger partial charge in [-0.05, 0) is 36.8 Å². The van der Waals surface area contributed by atoms with E-state index in [1.165, 1.54) is 6.20 Å². The van der Waals surface area contributed by atoms with Crippen molar-refractivity contribution in [3.8, 4) is 17.2 Å². The Kier molecular flexibility index (Phi) is 5.18. The zero-order chi connectivity index (χ0) is 21.1. The van der Waals surface area contributed by atoms with E-state index in [1.807, 2.05) is 43.5 Å². The number of rotatable bonds is 5. The van der Waals surface area contributed by atoms with Gasteiger partial charge < -0.3 is 5.32 Å². The highest BCUT2D eigenvalue weighted by Crippen LogP contribution is 2.30. The zero-order valence-corrected chi connectivity index (χ0v) is 15.9. The molecule has 4 aromatic rings. The van der Waals surface area contributed by atoms with Gasteiger partial charge in [-0.15, -0.1) is 0 Å². The maximum absolute atomic E-state index is 13.4. The SMILES string of the molecule is Cc1ccn(-c2ccccc2CNc2cc(C(F)(F)F)nc(-c3ccccn3)n2)n1. The van der Waals surface area contributed by atoms with Gasteiger partial charge in [0.05, 0.1) is 11.4 Å². The van der Waals surface area contributed by atoms with Crippen LogP contribution in [0.25, 0.3) is 17.2 Å². The summed E-state index contributed by atoms with van der Waals surface area (Å²) < 4.78 is 41.8. The van der Waals surface area contributed by atoms with Gasteiger partial charge in [-0.3, -0.25) is 4.98 Å². The van der Waals surface area contributed by atoms with Crippen molar-refractivity contribution in [3.05, 3.63) is 83.9 Å². The molecule has 0 bridgehead atoms. The number of pyridine rings is 1. The van der Waals surface area contributed by atoms with Gasteiger partial charge in [-0.25, -0.2) is 14.6 Å². The van der Waals surface area contributed by atoms with Crippen molar-refractivity contribution in [1.82, 2.24) is 24.7 Å². The molecule has 30 heavy (non-hydrogen) atoms. The first-order valence-electron chi connectivity index (χ1n) is 9.12. The van der Waals surface area contributed by atoms with Crippen molar-refractivity contribution in [2.75, 3.05) is 5.32 Å². The molecule has 9 heteroatoms. The molecule has 0 saturated carbocycles. The summed E-state index contributed by atoms with van der Waals surface area (Å²) in [5.74, 6) is -0.0339. The van der Waals surface area contributed by atoms with Crippen molar-refractivity contribution in [2.24, 2.45) is 0 Å². The molecule has 0 aliphatic rings. The Morgan fingerprint density at radius 3 is 2.50 bits per heavy atom. The van der Waals surface area contributed by atoms with Gasteiger partial charge in [0, 0.05) is 25.0 Å². The third-order valence-corrected chi connectivity index (χ3v) is 4.33. The first-order valence-corrected chi connectivity index (χ1v) is 9.12. The Labute approximate surface area is 170 Å². The van der Waals surface area contributed by atoms with E-state index in [0.717, 1.165) is 23.0 Å². The Bertz CT molecular complexity index is 1150. The molecule has 0 aliphatic carbocycles. The van der Waals surface area contributed by atoms with Crippen LogP contribution < -0.4 is 5.32 Å². The van der Waals surface area contributed by atoms with Crippen LogP contribution in [0.4, 0.5) is 19.0 Å². The molecular formula is C21H17F3N6. The number of alkyl halides is 3. The number of aryl methyl sites for hydroxylation is 1. The Hall–Kier alpha value is -3.75. The predicted molar refractivity (Wildman–Crippen MR) is 106 cm³/mol. The molecule has 0 fully saturated rings. The molecule has 4 rings (SSSR count). The van der Waals surface area contributed by atoms with Crippen LogP contribution in [0, 0.1) is 6.92 Å². The summed E-state index contributed by atoms with van der Waals surface area (Å²) >= 11 is 0. The topological polar surface area (TPSA) is 68.5 Å². The quantitative estimate of drug-likeness (QED) is 0.518. The maximum atomic E-state index is 13.4. The number of hydrogen-bond acceptors (Lipinski definition) is 5. The number of aromatic nitrogens is 5. The van der Waals surface area contributed by atoms with E-state index in [1.54, 1.807) is 22.9 Å². The molecule has 0 saturated heterocycles. The highest BCUT2D eigenvalue weighted by atomic mass is 19.4. The van der Waals surface area contributed by atoms with Gasteiger partial charge in [0.1, 0.15) is 11.5 Å². The lowest BCUT2D eigenvalue weighted by molar-refractivity contribution is -0.141. The molecule has 0 radical (unpaired) electrons. The second-order valence-electron chi connectivity index (χ2n) is 6.56. The fourth-order valence-corrected chi connectivity index (χ4v) is 2.91. The normalized spacial score (nSPS) is 11.5. The van der Waals surface area contributed by atoms with Crippen molar-refractivity contribution >= 4 is 5.82 Å². The van der Waals surface area contributed by atoms with Gasteiger partial charge >= 0.3 is 6.18 Å². The predicted octanol–water partition coefficient (Wildman–Crippen LogP) is 4.66. The Balaban J connectivity index is 1.66. The van der Waals surface area contributed by atoms with Crippen LogP contribution in [0.1, 0.15) is 17.0 Å². The zero-order valence-electron chi connectivity index (χ0n) is 15.9. The second-order valence-corrected chi connectivity index (χ2v) is 6.56. The standard InChI is InChI=1S/C21H17F3N6/c1-14-9-11-30(29-14)17-8-3-2-6-15(17)13-26-19-12-18(21(22,23)24)27-20(28-19)16-7-4-5-10-25-16/h2-12H,13H2,1H3,(H,26,27,28). The van der Waals surface area contributed by atoms with Crippen molar-refractivity contribution in [2.45, 2.75) is 19.6 Å². The molecule has 0 atom stereocenters. The Morgan fingerprint density at radius 2 is 1.80 bits per heavy atom. The van der Waals surface area contributed by atoms with Crippen LogP contribution in [0.2, 0.25) is 0 Å². The van der Waals surface area contributed by atoms with E-state index in [0.29, 0.717) is 0 Å². The number of nitrogens with zero attached hydrogens (tertiary/aromatic N) is 5. The summed E-state index contributed by atoms with van der Waals surface area (Å²) in [7, 11) is 0. The summed E-state index contributed by atoms with van der Waals surface area (Å²) in [5, 5.41) is 7.38. The van der Waals surface area contributed by atoms with Crippen LogP contribution in [-0.2, 0) is 12.7 Å². The molecule has 3 aromatic heterocycles. The fraction of sp³-hybridized carbons (Fsp3) is 0.143. The van der Waals surface area contributed by atoms with Gasteiger partial charge in [0.2, 0.25) is 0 Å². The number of anilines is 1. The lowest BCUT2D eigenvalue weighted by Gasteiger charge is -2.13. The largest absolute Gasteiger partial charge is 0.433 e. The lowest BCUT2D eigenvalue weighted by Crippen LogP contribution is -2.13. The van der Waals surface area contributed by atoms with E-state index < -0.39 is 11.9 Å². The number of benzene rings is 1. The average molecular weight is 410 g/mol. The summed E-state index contributed by atoms with van der Waals surface area (Å²) in [6.07, 6.45) is -1.29. The number of halogens is 3. The van der Waals surface area contributed by atoms with Gasteiger partial charge in [-0.2, -0.15) is 18.3 Å². The van der Waals surface area contributed by atoms with Gasteiger partial charge in [0.15, 0.2) is 11.5 Å². The van der Waals surface area contributed by atoms with Crippen molar-refractivity contribution in [3.63, 3.8) is 0 Å². The van der Waals surface area contributed by atoms with Gasteiger partial charge in [0.25, 0.3) is 0 Å². The molecule has 152 valence electrons. The number of nitrogens with one attached hydrogen (secondary N) is 1. The minimum absolute atomic E-state index is 0.0597. The number of hydrogen-bond donors (Lipinski definition) is 1. The van der Waals surface area contributed by atoms with Crippen LogP contribution in [-0.4, -0.2) is 24.7 Å². The smallest absolute Gasteiger partial charge is 0.366 e. The molecule has 0 spiro atoms. The molecule has 1 N–H and O–H groups in total. The maximum Gasteiger partial charge on any atom is 0.433 e. The molecule has 3 heterocycles. The molecule has 0 unspecified atom stereocenters. The van der Waals surface area contributed by atoms with Crippen LogP contribution >= 0.6 is 0 Å². The summed E-state index contributed by atoms with van der Waals surface area (Å²) in [6, 6.07) is 15.2. The van der Waals surface area contributed by atoms with Crippen LogP contribution in [0.5, 0.6) is 0 Å². The third-order valence-electron chi connectivity index (χ3n) is 4.33. The Morgan fingerprint density at radius 1 is 1.00 bits per heavy atom. The number of para-hydroxylation sites is 1. The van der Waals surface area contributed by atoms with E-state index >= 15 is 0 Å². The van der Waals surface area contributed by atoms with Crippen molar-refractivity contribution < 1.29 is 13.2 Å². The molecular weight excluding hydrogens is 393 g/mol. The fourth-order valence-electron chi connectivity index (χ4n) is 2.91. The molecule has 0 aliphatic heterocycles. The lowest BCUT2D eigenvalue weighted by atomic mass is 10.1. The highest BCUT2D eigenvalue weighted by molar-refractivity contribution is 5.54. The highest BCUT2D eigenvalue weighted by Gasteiger charge is 2.34. The van der Waals surface area contributed by atoms with E-state index in [-0.39, 0.29) is 23.9 Å². The summed E-state index contributed by atoms with van der Waals surface area (Å²) in [5.41, 5.74) is 1.78. The minimum Gasteiger partial charge on any atom is -0.366 e. The van der Waals surface area contributed by atoms with Crippen molar-refractivity contribution in [1.29, 1.82) is 0 Å². The average Bonchev–Trinajstić information content (AvgIpc) is 3.18. The van der Waals surface area contributed by atoms with Crippen LogP contribution in [0.15, 0.2) is 67.0 Å². The first kappa shape index (κ1) is 19.6. The minimum atomic E-state index is -4.60. The van der Waals surface area contributed by atoms with E-state index in [4.69, 9.17) is 0 Å². The van der Waals surface area contributed by atoms with E-state index in [9.17, 15) is 13.2 Å². The molecule has 6 nitrogen and oxygen atoms in total. The monoisotopic (exact) mass is 410 g/mol. The molecule has 0 amide bonds. The van der Waals surface area contributed by atoms with Gasteiger partial charge in [-0.1, -0.05) is 24.3 Å². The van der Waals surface area contributed by atoms with Crippen LogP contribution in [0.3, 0.4) is 0 Å². The summed E-state index contributed by atoms with van der Waals surface area (Å²) in [6.45, 7) is 2.14. The second kappa shape index (κ2) is 7.94. The molecule has 1 aromatic carbocycles. The third kappa shape index (κ3) is 4.29. The summed E-state index contributed by atoms with van der Waals surface area (Å²) in [4.78, 5) is 11.9. The first-order chi connectivity index (χ1) is 14.4.